The first-order chi connectivity index (χ1) is 9.62. The van der Waals surface area contributed by atoms with Crippen LogP contribution in [0.15, 0.2) is 24.3 Å². The standard InChI is InChI=1S/C17H28N2O/c1-5-8-17(20)18-13-16(19(6-2)7-3)15-11-9-14(4)10-12-15/h9-12,16H,5-8,13H2,1-4H3,(H,18,20). The molecule has 3 heteroatoms. The zero-order valence-electron chi connectivity index (χ0n) is 13.3. The Labute approximate surface area is 123 Å². The van der Waals surface area contributed by atoms with E-state index in [9.17, 15) is 4.79 Å². The van der Waals surface area contributed by atoms with E-state index in [1.54, 1.807) is 0 Å². The first-order valence-corrected chi connectivity index (χ1v) is 7.69. The van der Waals surface area contributed by atoms with Crippen molar-refractivity contribution in [3.8, 4) is 0 Å². The van der Waals surface area contributed by atoms with Gasteiger partial charge in [-0.2, -0.15) is 0 Å². The second-order valence-electron chi connectivity index (χ2n) is 5.20. The maximum atomic E-state index is 11.7. The van der Waals surface area contributed by atoms with Gasteiger partial charge in [0.2, 0.25) is 5.91 Å². The highest BCUT2D eigenvalue weighted by Crippen LogP contribution is 2.20. The molecule has 1 N–H and O–H groups in total. The Balaban J connectivity index is 2.79. The van der Waals surface area contributed by atoms with Crippen LogP contribution in [0, 0.1) is 6.92 Å². The van der Waals surface area contributed by atoms with E-state index in [-0.39, 0.29) is 11.9 Å². The van der Waals surface area contributed by atoms with Gasteiger partial charge in [-0.05, 0) is 32.0 Å². The summed E-state index contributed by atoms with van der Waals surface area (Å²) in [6.45, 7) is 11.1. The third kappa shape index (κ3) is 4.97. The molecule has 1 aromatic rings. The van der Waals surface area contributed by atoms with Crippen molar-refractivity contribution in [2.45, 2.75) is 46.6 Å². The topological polar surface area (TPSA) is 32.3 Å². The number of hydrogen-bond acceptors (Lipinski definition) is 2. The third-order valence-corrected chi connectivity index (χ3v) is 3.68. The highest BCUT2D eigenvalue weighted by molar-refractivity contribution is 5.75. The summed E-state index contributed by atoms with van der Waals surface area (Å²) in [6.07, 6.45) is 1.51. The molecule has 1 atom stereocenters. The van der Waals surface area contributed by atoms with Crippen LogP contribution < -0.4 is 5.32 Å². The van der Waals surface area contributed by atoms with Crippen LogP contribution in [0.2, 0.25) is 0 Å². The van der Waals surface area contributed by atoms with Crippen LogP contribution in [0.5, 0.6) is 0 Å². The average Bonchev–Trinajstić information content (AvgIpc) is 2.45. The number of nitrogens with zero attached hydrogens (tertiary/aromatic N) is 1. The summed E-state index contributed by atoms with van der Waals surface area (Å²) in [5.41, 5.74) is 2.54. The molecule has 3 nitrogen and oxygen atoms in total. The van der Waals surface area contributed by atoms with E-state index in [1.165, 1.54) is 11.1 Å². The number of amides is 1. The van der Waals surface area contributed by atoms with Gasteiger partial charge < -0.3 is 5.32 Å². The van der Waals surface area contributed by atoms with Gasteiger partial charge in [0, 0.05) is 13.0 Å². The number of aryl methyl sites for hydroxylation is 1. The molecule has 0 saturated carbocycles. The molecule has 1 amide bonds. The lowest BCUT2D eigenvalue weighted by atomic mass is 10.0. The number of likely N-dealkylation sites (N-methyl/N-ethyl adjacent to an activating group) is 1. The predicted octanol–water partition coefficient (Wildman–Crippen LogP) is 3.29. The Morgan fingerprint density at radius 1 is 1.15 bits per heavy atom. The van der Waals surface area contributed by atoms with Crippen molar-refractivity contribution >= 4 is 5.91 Å². The van der Waals surface area contributed by atoms with E-state index in [1.807, 2.05) is 6.92 Å². The highest BCUT2D eigenvalue weighted by atomic mass is 16.1. The maximum Gasteiger partial charge on any atom is 0.220 e. The van der Waals surface area contributed by atoms with E-state index in [4.69, 9.17) is 0 Å². The number of rotatable bonds is 8. The van der Waals surface area contributed by atoms with Crippen molar-refractivity contribution in [3.05, 3.63) is 35.4 Å². The highest BCUT2D eigenvalue weighted by Gasteiger charge is 2.18. The van der Waals surface area contributed by atoms with Gasteiger partial charge >= 0.3 is 0 Å². The molecule has 0 fully saturated rings. The Bertz CT molecular complexity index is 396. The number of hydrogen-bond donors (Lipinski definition) is 1. The van der Waals surface area contributed by atoms with E-state index in [0.29, 0.717) is 13.0 Å². The fourth-order valence-electron chi connectivity index (χ4n) is 2.44. The molecular formula is C17H28N2O. The minimum absolute atomic E-state index is 0.150. The van der Waals surface area contributed by atoms with Crippen LogP contribution in [0.4, 0.5) is 0 Å². The van der Waals surface area contributed by atoms with Gasteiger partial charge in [0.25, 0.3) is 0 Å². The Morgan fingerprint density at radius 2 is 1.75 bits per heavy atom. The van der Waals surface area contributed by atoms with E-state index in [2.05, 4.69) is 55.3 Å². The van der Waals surface area contributed by atoms with Gasteiger partial charge in [0.1, 0.15) is 0 Å². The maximum absolute atomic E-state index is 11.7. The molecule has 1 unspecified atom stereocenters. The molecule has 1 aromatic carbocycles. The smallest absolute Gasteiger partial charge is 0.220 e. The Kier molecular flexibility index (Phi) is 7.31. The minimum atomic E-state index is 0.150. The number of carbonyl (C=O) groups is 1. The molecule has 1 rings (SSSR count). The van der Waals surface area contributed by atoms with E-state index in [0.717, 1.165) is 19.5 Å². The molecule has 0 aliphatic heterocycles. The van der Waals surface area contributed by atoms with Crippen LogP contribution >= 0.6 is 0 Å². The first-order valence-electron chi connectivity index (χ1n) is 7.69. The van der Waals surface area contributed by atoms with Crippen molar-refractivity contribution in [3.63, 3.8) is 0 Å². The molecule has 0 bridgehead atoms. The minimum Gasteiger partial charge on any atom is -0.354 e. The van der Waals surface area contributed by atoms with Crippen LogP contribution in [0.1, 0.15) is 50.8 Å². The average molecular weight is 276 g/mol. The fourth-order valence-corrected chi connectivity index (χ4v) is 2.44. The predicted molar refractivity (Wildman–Crippen MR) is 84.8 cm³/mol. The molecule has 0 saturated heterocycles. The van der Waals surface area contributed by atoms with E-state index >= 15 is 0 Å². The number of nitrogens with one attached hydrogen (secondary N) is 1. The lowest BCUT2D eigenvalue weighted by Gasteiger charge is -2.30. The zero-order valence-corrected chi connectivity index (χ0v) is 13.3. The molecule has 0 spiro atoms. The Hall–Kier alpha value is -1.35. The quantitative estimate of drug-likeness (QED) is 0.790. The van der Waals surface area contributed by atoms with Crippen molar-refractivity contribution in [2.75, 3.05) is 19.6 Å². The lowest BCUT2D eigenvalue weighted by molar-refractivity contribution is -0.121. The molecule has 112 valence electrons. The van der Waals surface area contributed by atoms with Crippen molar-refractivity contribution < 1.29 is 4.79 Å². The monoisotopic (exact) mass is 276 g/mol. The van der Waals surface area contributed by atoms with Gasteiger partial charge in [0.15, 0.2) is 0 Å². The molecule has 0 radical (unpaired) electrons. The summed E-state index contributed by atoms with van der Waals surface area (Å²) in [7, 11) is 0. The summed E-state index contributed by atoms with van der Waals surface area (Å²) < 4.78 is 0. The summed E-state index contributed by atoms with van der Waals surface area (Å²) in [6, 6.07) is 8.87. The van der Waals surface area contributed by atoms with Crippen LogP contribution in [0.25, 0.3) is 0 Å². The number of carbonyl (C=O) groups excluding carboxylic acids is 1. The molecule has 0 aliphatic rings. The van der Waals surface area contributed by atoms with Crippen molar-refractivity contribution in [1.82, 2.24) is 10.2 Å². The first kappa shape index (κ1) is 16.7. The second kappa shape index (κ2) is 8.75. The van der Waals surface area contributed by atoms with Crippen molar-refractivity contribution in [1.29, 1.82) is 0 Å². The molecule has 0 aromatic heterocycles. The van der Waals surface area contributed by atoms with Gasteiger partial charge in [-0.3, -0.25) is 9.69 Å². The lowest BCUT2D eigenvalue weighted by Crippen LogP contribution is -2.38. The SMILES string of the molecule is CCCC(=O)NCC(c1ccc(C)cc1)N(CC)CC. The Morgan fingerprint density at radius 3 is 2.25 bits per heavy atom. The van der Waals surface area contributed by atoms with Crippen LogP contribution in [-0.4, -0.2) is 30.4 Å². The number of benzene rings is 1. The second-order valence-corrected chi connectivity index (χ2v) is 5.20. The molecule has 0 aliphatic carbocycles. The molecule has 0 heterocycles. The van der Waals surface area contributed by atoms with Gasteiger partial charge in [-0.15, -0.1) is 0 Å². The fraction of sp³-hybridized carbons (Fsp3) is 0.588. The van der Waals surface area contributed by atoms with Gasteiger partial charge in [-0.1, -0.05) is 50.6 Å². The molecular weight excluding hydrogens is 248 g/mol. The third-order valence-electron chi connectivity index (χ3n) is 3.68. The van der Waals surface area contributed by atoms with Gasteiger partial charge in [0.05, 0.1) is 6.04 Å². The van der Waals surface area contributed by atoms with Crippen LogP contribution in [-0.2, 0) is 4.79 Å². The summed E-state index contributed by atoms with van der Waals surface area (Å²) in [5.74, 6) is 0.150. The normalized spacial score (nSPS) is 12.4. The van der Waals surface area contributed by atoms with Crippen molar-refractivity contribution in [2.24, 2.45) is 0 Å². The van der Waals surface area contributed by atoms with Gasteiger partial charge in [-0.25, -0.2) is 0 Å². The summed E-state index contributed by atoms with van der Waals surface area (Å²) >= 11 is 0. The zero-order chi connectivity index (χ0) is 15.0. The van der Waals surface area contributed by atoms with E-state index < -0.39 is 0 Å². The summed E-state index contributed by atoms with van der Waals surface area (Å²) in [5, 5.41) is 3.07. The van der Waals surface area contributed by atoms with Crippen LogP contribution in [0.3, 0.4) is 0 Å². The largest absolute Gasteiger partial charge is 0.354 e. The summed E-state index contributed by atoms with van der Waals surface area (Å²) in [4.78, 5) is 14.1. The molecule has 20 heavy (non-hydrogen) atoms.